The molecule has 0 saturated carbocycles. The molecule has 120 valence electrons. The van der Waals surface area contributed by atoms with Crippen molar-refractivity contribution in [3.8, 4) is 0 Å². The normalized spacial score (nSPS) is 13.5. The average molecular weight is 323 g/mol. The Morgan fingerprint density at radius 3 is 2.45 bits per heavy atom. The minimum atomic E-state index is -3.21. The minimum absolute atomic E-state index is 0.254. The summed E-state index contributed by atoms with van der Waals surface area (Å²) in [5.74, 6) is 0.919. The summed E-state index contributed by atoms with van der Waals surface area (Å²) in [6.45, 7) is 1.06. The Kier molecular flexibility index (Phi) is 5.00. The highest BCUT2D eigenvalue weighted by Gasteiger charge is 2.14. The van der Waals surface area contributed by atoms with E-state index in [9.17, 15) is 13.5 Å². The van der Waals surface area contributed by atoms with Crippen molar-refractivity contribution in [1.29, 1.82) is 0 Å². The third-order valence-electron chi connectivity index (χ3n) is 3.51. The molecule has 0 fully saturated rings. The molecule has 1 aromatic heterocycles. The van der Waals surface area contributed by atoms with Crippen LogP contribution in [0.3, 0.4) is 0 Å². The number of rotatable bonds is 6. The molecule has 1 atom stereocenters. The maximum Gasteiger partial charge on any atom is 0.175 e. The van der Waals surface area contributed by atoms with Crippen LogP contribution in [0.25, 0.3) is 0 Å². The van der Waals surface area contributed by atoms with Crippen LogP contribution in [0.2, 0.25) is 0 Å². The highest BCUT2D eigenvalue weighted by Crippen LogP contribution is 2.17. The molecule has 0 aliphatic rings. The standard InChI is InChI=1S/C15H21N3O3S/c1-17(11-15-16-8-9-18(15)2)10-14(19)12-4-6-13(7-5-12)22(3,20)21/h4-9,14,19H,10-11H2,1-3H3. The van der Waals surface area contributed by atoms with E-state index in [1.165, 1.54) is 18.4 Å². The summed E-state index contributed by atoms with van der Waals surface area (Å²) in [6, 6.07) is 6.34. The molecule has 0 spiro atoms. The van der Waals surface area contributed by atoms with E-state index in [1.54, 1.807) is 18.3 Å². The van der Waals surface area contributed by atoms with Gasteiger partial charge in [0.15, 0.2) is 9.84 Å². The maximum absolute atomic E-state index is 11.4. The van der Waals surface area contributed by atoms with Gasteiger partial charge in [0.2, 0.25) is 0 Å². The molecule has 0 radical (unpaired) electrons. The van der Waals surface area contributed by atoms with E-state index in [4.69, 9.17) is 0 Å². The van der Waals surface area contributed by atoms with Crippen LogP contribution in [0.1, 0.15) is 17.5 Å². The smallest absolute Gasteiger partial charge is 0.175 e. The van der Waals surface area contributed by atoms with Gasteiger partial charge in [0.25, 0.3) is 0 Å². The number of imidazole rings is 1. The van der Waals surface area contributed by atoms with Crippen LogP contribution in [0.5, 0.6) is 0 Å². The molecule has 1 heterocycles. The second-order valence-corrected chi connectivity index (χ2v) is 7.52. The molecular formula is C15H21N3O3S. The number of aromatic nitrogens is 2. The van der Waals surface area contributed by atoms with E-state index < -0.39 is 15.9 Å². The van der Waals surface area contributed by atoms with Gasteiger partial charge < -0.3 is 9.67 Å². The molecule has 1 unspecified atom stereocenters. The minimum Gasteiger partial charge on any atom is -0.387 e. The van der Waals surface area contributed by atoms with Gasteiger partial charge in [0.1, 0.15) is 5.82 Å². The summed E-state index contributed by atoms with van der Waals surface area (Å²) in [6.07, 6.45) is 4.10. The first-order valence-electron chi connectivity index (χ1n) is 6.90. The van der Waals surface area contributed by atoms with Gasteiger partial charge in [-0.25, -0.2) is 13.4 Å². The van der Waals surface area contributed by atoms with Gasteiger partial charge in [-0.3, -0.25) is 4.90 Å². The molecule has 2 aromatic rings. The van der Waals surface area contributed by atoms with Crippen molar-refractivity contribution in [1.82, 2.24) is 14.5 Å². The number of aryl methyl sites for hydroxylation is 1. The lowest BCUT2D eigenvalue weighted by atomic mass is 10.1. The zero-order valence-electron chi connectivity index (χ0n) is 13.0. The Bertz CT molecular complexity index is 723. The van der Waals surface area contributed by atoms with E-state index >= 15 is 0 Å². The van der Waals surface area contributed by atoms with Crippen LogP contribution >= 0.6 is 0 Å². The fraction of sp³-hybridized carbons (Fsp3) is 0.400. The summed E-state index contributed by atoms with van der Waals surface area (Å²) < 4.78 is 24.8. The summed E-state index contributed by atoms with van der Waals surface area (Å²) in [5, 5.41) is 10.3. The van der Waals surface area contributed by atoms with Crippen LogP contribution in [0.4, 0.5) is 0 Å². The molecule has 6 nitrogen and oxygen atoms in total. The molecule has 0 aliphatic heterocycles. The Balaban J connectivity index is 1.99. The van der Waals surface area contributed by atoms with Crippen molar-refractivity contribution in [2.45, 2.75) is 17.5 Å². The van der Waals surface area contributed by atoms with Crippen molar-refractivity contribution in [2.75, 3.05) is 19.8 Å². The van der Waals surface area contributed by atoms with Crippen LogP contribution in [0.15, 0.2) is 41.6 Å². The van der Waals surface area contributed by atoms with Crippen molar-refractivity contribution < 1.29 is 13.5 Å². The summed E-state index contributed by atoms with van der Waals surface area (Å²) >= 11 is 0. The summed E-state index contributed by atoms with van der Waals surface area (Å²) in [5.41, 5.74) is 0.694. The lowest BCUT2D eigenvalue weighted by molar-refractivity contribution is 0.122. The van der Waals surface area contributed by atoms with Gasteiger partial charge in [-0.1, -0.05) is 12.1 Å². The maximum atomic E-state index is 11.4. The topological polar surface area (TPSA) is 75.4 Å². The lowest BCUT2D eigenvalue weighted by Crippen LogP contribution is -2.25. The molecular weight excluding hydrogens is 302 g/mol. The number of aliphatic hydroxyl groups is 1. The van der Waals surface area contributed by atoms with Crippen molar-refractivity contribution in [3.05, 3.63) is 48.0 Å². The Morgan fingerprint density at radius 1 is 1.32 bits per heavy atom. The lowest BCUT2D eigenvalue weighted by Gasteiger charge is -2.20. The molecule has 22 heavy (non-hydrogen) atoms. The van der Waals surface area contributed by atoms with Crippen LogP contribution in [-0.2, 0) is 23.4 Å². The Labute approximate surface area is 130 Å². The third kappa shape index (κ3) is 4.16. The fourth-order valence-electron chi connectivity index (χ4n) is 2.19. The van der Waals surface area contributed by atoms with E-state index in [2.05, 4.69) is 4.98 Å². The number of nitrogens with zero attached hydrogens (tertiary/aromatic N) is 3. The third-order valence-corrected chi connectivity index (χ3v) is 4.64. The summed E-state index contributed by atoms with van der Waals surface area (Å²) in [4.78, 5) is 6.47. The largest absolute Gasteiger partial charge is 0.387 e. The number of hydrogen-bond acceptors (Lipinski definition) is 5. The number of hydrogen-bond donors (Lipinski definition) is 1. The average Bonchev–Trinajstić information content (AvgIpc) is 2.83. The zero-order chi connectivity index (χ0) is 16.3. The number of likely N-dealkylation sites (N-methyl/N-ethyl adjacent to an activating group) is 1. The highest BCUT2D eigenvalue weighted by molar-refractivity contribution is 7.90. The van der Waals surface area contributed by atoms with Gasteiger partial charge in [0, 0.05) is 32.2 Å². The predicted octanol–water partition coefficient (Wildman–Crippen LogP) is 0.989. The van der Waals surface area contributed by atoms with Gasteiger partial charge in [-0.2, -0.15) is 0 Å². The van der Waals surface area contributed by atoms with Gasteiger partial charge >= 0.3 is 0 Å². The fourth-order valence-corrected chi connectivity index (χ4v) is 2.82. The molecule has 1 N–H and O–H groups in total. The van der Waals surface area contributed by atoms with Gasteiger partial charge in [-0.15, -0.1) is 0 Å². The monoisotopic (exact) mass is 323 g/mol. The van der Waals surface area contributed by atoms with Crippen molar-refractivity contribution in [3.63, 3.8) is 0 Å². The van der Waals surface area contributed by atoms with Crippen LogP contribution in [-0.4, -0.2) is 47.8 Å². The Morgan fingerprint density at radius 2 is 1.95 bits per heavy atom. The first kappa shape index (κ1) is 16.7. The molecule has 2 rings (SSSR count). The SMILES string of the molecule is CN(Cc1nccn1C)CC(O)c1ccc(S(C)(=O)=O)cc1. The van der Waals surface area contributed by atoms with Gasteiger partial charge in [0.05, 0.1) is 17.5 Å². The number of aliphatic hydroxyl groups excluding tert-OH is 1. The first-order chi connectivity index (χ1) is 10.3. The number of benzene rings is 1. The van der Waals surface area contributed by atoms with Crippen molar-refractivity contribution >= 4 is 9.84 Å². The molecule has 0 saturated heterocycles. The second kappa shape index (κ2) is 6.60. The van der Waals surface area contributed by atoms with E-state index in [-0.39, 0.29) is 4.90 Å². The molecule has 1 aromatic carbocycles. The highest BCUT2D eigenvalue weighted by atomic mass is 32.2. The van der Waals surface area contributed by atoms with Gasteiger partial charge in [-0.05, 0) is 24.7 Å². The zero-order valence-corrected chi connectivity index (χ0v) is 13.8. The van der Waals surface area contributed by atoms with Crippen LogP contribution in [0, 0.1) is 0 Å². The first-order valence-corrected chi connectivity index (χ1v) is 8.79. The molecule has 0 bridgehead atoms. The van der Waals surface area contributed by atoms with E-state index in [0.717, 1.165) is 5.82 Å². The Hall–Kier alpha value is -1.70. The number of sulfone groups is 1. The van der Waals surface area contributed by atoms with Crippen LogP contribution < -0.4 is 0 Å². The van der Waals surface area contributed by atoms with Crippen molar-refractivity contribution in [2.24, 2.45) is 7.05 Å². The van der Waals surface area contributed by atoms with E-state index in [1.807, 2.05) is 29.8 Å². The molecule has 0 aliphatic carbocycles. The summed E-state index contributed by atoms with van der Waals surface area (Å²) in [7, 11) is 0.622. The van der Waals surface area contributed by atoms with E-state index in [0.29, 0.717) is 18.7 Å². The molecule has 7 heteroatoms. The second-order valence-electron chi connectivity index (χ2n) is 5.51. The molecule has 0 amide bonds. The quantitative estimate of drug-likeness (QED) is 0.858. The predicted molar refractivity (Wildman–Crippen MR) is 84.1 cm³/mol.